The first kappa shape index (κ1) is 12.1. The van der Waals surface area contributed by atoms with Gasteiger partial charge in [0.2, 0.25) is 0 Å². The van der Waals surface area contributed by atoms with Gasteiger partial charge in [0.05, 0.1) is 5.69 Å². The number of rotatable bonds is 2. The second-order valence-corrected chi connectivity index (χ2v) is 3.88. The molecule has 1 amide bonds. The molecule has 0 aliphatic carbocycles. The van der Waals surface area contributed by atoms with Crippen molar-refractivity contribution < 1.29 is 13.6 Å². The number of aromatic nitrogens is 1. The van der Waals surface area contributed by atoms with Gasteiger partial charge in [-0.05, 0) is 24.6 Å². The molecule has 0 fully saturated rings. The van der Waals surface area contributed by atoms with Gasteiger partial charge in [-0.3, -0.25) is 4.79 Å². The highest BCUT2D eigenvalue weighted by Gasteiger charge is 2.13. The predicted molar refractivity (Wildman–Crippen MR) is 64.3 cm³/mol. The number of nitrogens with one attached hydrogen (secondary N) is 2. The van der Waals surface area contributed by atoms with Gasteiger partial charge in [0.15, 0.2) is 0 Å². The maximum Gasteiger partial charge on any atom is 0.272 e. The van der Waals surface area contributed by atoms with Crippen LogP contribution in [0.1, 0.15) is 16.1 Å². The number of amides is 1. The minimum absolute atomic E-state index is 0.174. The molecule has 6 heteroatoms. The normalized spacial score (nSPS) is 10.4. The first-order valence-corrected chi connectivity index (χ1v) is 5.18. The van der Waals surface area contributed by atoms with Crippen LogP contribution in [-0.4, -0.2) is 10.9 Å². The summed E-state index contributed by atoms with van der Waals surface area (Å²) in [5.41, 5.74) is 5.96. The third kappa shape index (κ3) is 2.32. The molecule has 0 bridgehead atoms. The van der Waals surface area contributed by atoms with E-state index in [1.807, 2.05) is 0 Å². The summed E-state index contributed by atoms with van der Waals surface area (Å²) in [4.78, 5) is 14.3. The van der Waals surface area contributed by atoms with Gasteiger partial charge in [-0.15, -0.1) is 0 Å². The average molecular weight is 251 g/mol. The number of H-pyrrole nitrogens is 1. The Morgan fingerprint density at radius 3 is 2.61 bits per heavy atom. The van der Waals surface area contributed by atoms with E-state index in [1.54, 1.807) is 0 Å². The SMILES string of the molecule is Cc1cc(F)c(NC(=O)c2cc(N)c[nH]2)cc1F. The van der Waals surface area contributed by atoms with E-state index < -0.39 is 17.5 Å². The highest BCUT2D eigenvalue weighted by molar-refractivity contribution is 6.03. The first-order valence-electron chi connectivity index (χ1n) is 5.18. The lowest BCUT2D eigenvalue weighted by atomic mass is 10.2. The van der Waals surface area contributed by atoms with E-state index in [2.05, 4.69) is 10.3 Å². The molecule has 18 heavy (non-hydrogen) atoms. The molecule has 0 radical (unpaired) electrons. The Morgan fingerprint density at radius 2 is 2.00 bits per heavy atom. The second-order valence-electron chi connectivity index (χ2n) is 3.88. The van der Waals surface area contributed by atoms with E-state index >= 15 is 0 Å². The topological polar surface area (TPSA) is 70.9 Å². The number of hydrogen-bond acceptors (Lipinski definition) is 2. The van der Waals surface area contributed by atoms with Crippen molar-refractivity contribution >= 4 is 17.3 Å². The summed E-state index contributed by atoms with van der Waals surface area (Å²) in [6.07, 6.45) is 1.43. The fourth-order valence-electron chi connectivity index (χ4n) is 1.47. The maximum atomic E-state index is 13.5. The average Bonchev–Trinajstić information content (AvgIpc) is 2.73. The van der Waals surface area contributed by atoms with Gasteiger partial charge in [0.25, 0.3) is 5.91 Å². The van der Waals surface area contributed by atoms with Gasteiger partial charge in [-0.25, -0.2) is 8.78 Å². The Morgan fingerprint density at radius 1 is 1.28 bits per heavy atom. The Labute approximate surface area is 102 Å². The smallest absolute Gasteiger partial charge is 0.272 e. The van der Waals surface area contributed by atoms with Crippen molar-refractivity contribution in [2.75, 3.05) is 11.1 Å². The molecule has 4 N–H and O–H groups in total. The summed E-state index contributed by atoms with van der Waals surface area (Å²) in [6, 6.07) is 3.36. The van der Waals surface area contributed by atoms with Crippen LogP contribution in [-0.2, 0) is 0 Å². The first-order chi connectivity index (χ1) is 8.47. The van der Waals surface area contributed by atoms with Crippen molar-refractivity contribution in [3.05, 3.63) is 47.3 Å². The molecule has 0 spiro atoms. The Hall–Kier alpha value is -2.37. The zero-order valence-corrected chi connectivity index (χ0v) is 9.55. The van der Waals surface area contributed by atoms with Crippen molar-refractivity contribution in [3.63, 3.8) is 0 Å². The molecular formula is C12H11F2N3O. The van der Waals surface area contributed by atoms with Gasteiger partial charge < -0.3 is 16.0 Å². The Balaban J connectivity index is 2.24. The molecule has 0 unspecified atom stereocenters. The van der Waals surface area contributed by atoms with Crippen LogP contribution in [0.2, 0.25) is 0 Å². The van der Waals surface area contributed by atoms with E-state index in [0.29, 0.717) is 5.69 Å². The van der Waals surface area contributed by atoms with Crippen LogP contribution in [0.15, 0.2) is 24.4 Å². The molecule has 2 aromatic rings. The lowest BCUT2D eigenvalue weighted by Crippen LogP contribution is -2.13. The summed E-state index contributed by atoms with van der Waals surface area (Å²) in [7, 11) is 0. The Kier molecular flexibility index (Phi) is 3.01. The van der Waals surface area contributed by atoms with Gasteiger partial charge in [-0.1, -0.05) is 0 Å². The van der Waals surface area contributed by atoms with Gasteiger partial charge in [0.1, 0.15) is 17.3 Å². The molecule has 1 heterocycles. The molecule has 4 nitrogen and oxygen atoms in total. The van der Waals surface area contributed by atoms with E-state index in [1.165, 1.54) is 19.2 Å². The highest BCUT2D eigenvalue weighted by Crippen LogP contribution is 2.19. The molecule has 0 atom stereocenters. The van der Waals surface area contributed by atoms with Crippen molar-refractivity contribution in [2.24, 2.45) is 0 Å². The number of anilines is 2. The molecule has 1 aromatic heterocycles. The van der Waals surface area contributed by atoms with E-state index in [9.17, 15) is 13.6 Å². The Bertz CT molecular complexity index is 607. The fraction of sp³-hybridized carbons (Fsp3) is 0.0833. The summed E-state index contributed by atoms with van der Waals surface area (Å²) in [5.74, 6) is -1.87. The zero-order valence-electron chi connectivity index (χ0n) is 9.55. The number of hydrogen-bond donors (Lipinski definition) is 3. The second kappa shape index (κ2) is 4.48. The van der Waals surface area contributed by atoms with Crippen LogP contribution in [0.25, 0.3) is 0 Å². The van der Waals surface area contributed by atoms with Crippen LogP contribution in [0, 0.1) is 18.6 Å². The lowest BCUT2D eigenvalue weighted by molar-refractivity contribution is 0.102. The van der Waals surface area contributed by atoms with Gasteiger partial charge >= 0.3 is 0 Å². The van der Waals surface area contributed by atoms with Crippen molar-refractivity contribution in [3.8, 4) is 0 Å². The molecule has 0 aliphatic heterocycles. The molecule has 0 saturated carbocycles. The van der Waals surface area contributed by atoms with Crippen molar-refractivity contribution in [1.82, 2.24) is 4.98 Å². The van der Waals surface area contributed by atoms with Gasteiger partial charge in [0, 0.05) is 18.0 Å². The van der Waals surface area contributed by atoms with Crippen LogP contribution in [0.4, 0.5) is 20.2 Å². The summed E-state index contributed by atoms with van der Waals surface area (Å²) in [6.45, 7) is 1.44. The summed E-state index contributed by atoms with van der Waals surface area (Å²) >= 11 is 0. The summed E-state index contributed by atoms with van der Waals surface area (Å²) in [5, 5.41) is 2.27. The number of aryl methyl sites for hydroxylation is 1. The van der Waals surface area contributed by atoms with Crippen molar-refractivity contribution in [2.45, 2.75) is 6.92 Å². The molecule has 0 saturated heterocycles. The van der Waals surface area contributed by atoms with Crippen LogP contribution in [0.3, 0.4) is 0 Å². The number of nitrogen functional groups attached to an aromatic ring is 1. The molecule has 94 valence electrons. The third-order valence-corrected chi connectivity index (χ3v) is 2.45. The number of carbonyl (C=O) groups is 1. The largest absolute Gasteiger partial charge is 0.397 e. The van der Waals surface area contributed by atoms with Gasteiger partial charge in [-0.2, -0.15) is 0 Å². The predicted octanol–water partition coefficient (Wildman–Crippen LogP) is 2.44. The quantitative estimate of drug-likeness (QED) is 0.767. The number of halogens is 2. The number of benzene rings is 1. The highest BCUT2D eigenvalue weighted by atomic mass is 19.1. The number of carbonyl (C=O) groups excluding carboxylic acids is 1. The summed E-state index contributed by atoms with van der Waals surface area (Å²) < 4.78 is 26.8. The molecular weight excluding hydrogens is 240 g/mol. The fourth-order valence-corrected chi connectivity index (χ4v) is 1.47. The van der Waals surface area contributed by atoms with Crippen molar-refractivity contribution in [1.29, 1.82) is 0 Å². The molecule has 1 aromatic carbocycles. The van der Waals surface area contributed by atoms with Crippen LogP contribution in [0.5, 0.6) is 0 Å². The number of nitrogens with two attached hydrogens (primary N) is 1. The number of aromatic amines is 1. The third-order valence-electron chi connectivity index (χ3n) is 2.45. The van der Waals surface area contributed by atoms with Crippen LogP contribution >= 0.6 is 0 Å². The monoisotopic (exact) mass is 251 g/mol. The standard InChI is InChI=1S/C12H11F2N3O/c1-6-2-9(14)10(4-8(6)13)17-12(18)11-3-7(15)5-16-11/h2-5,16H,15H2,1H3,(H,17,18). The van der Waals surface area contributed by atoms with E-state index in [0.717, 1.165) is 12.1 Å². The van der Waals surface area contributed by atoms with E-state index in [-0.39, 0.29) is 16.9 Å². The minimum Gasteiger partial charge on any atom is -0.397 e. The maximum absolute atomic E-state index is 13.5. The molecule has 2 rings (SSSR count). The van der Waals surface area contributed by atoms with E-state index in [4.69, 9.17) is 5.73 Å². The zero-order chi connectivity index (χ0) is 13.3. The minimum atomic E-state index is -0.693. The molecule has 0 aliphatic rings. The lowest BCUT2D eigenvalue weighted by Gasteiger charge is -2.06. The van der Waals surface area contributed by atoms with Crippen LogP contribution < -0.4 is 11.1 Å².